The zero-order valence-corrected chi connectivity index (χ0v) is 17.5. The zero-order valence-electron chi connectivity index (χ0n) is 17.5. The fraction of sp³-hybridized carbons (Fsp3) is 0.458. The minimum Gasteiger partial charge on any atom is -0.346 e. The molecular formula is C24H28N4O3. The first-order valence-corrected chi connectivity index (χ1v) is 11.1. The van der Waals surface area contributed by atoms with E-state index in [0.29, 0.717) is 23.3 Å². The van der Waals surface area contributed by atoms with Gasteiger partial charge in [0.05, 0.1) is 17.8 Å². The highest BCUT2D eigenvalue weighted by Gasteiger charge is 2.54. The lowest BCUT2D eigenvalue weighted by atomic mass is 9.49. The van der Waals surface area contributed by atoms with Crippen LogP contribution in [-0.2, 0) is 9.59 Å². The van der Waals surface area contributed by atoms with Crippen molar-refractivity contribution in [2.75, 3.05) is 6.54 Å². The normalized spacial score (nSPS) is 28.2. The van der Waals surface area contributed by atoms with Crippen molar-refractivity contribution in [3.63, 3.8) is 0 Å². The molecule has 3 amide bonds. The number of carbonyl (C=O) groups is 3. The lowest BCUT2D eigenvalue weighted by molar-refractivity contribution is -0.147. The quantitative estimate of drug-likeness (QED) is 0.649. The van der Waals surface area contributed by atoms with Crippen LogP contribution in [0.15, 0.2) is 48.8 Å². The van der Waals surface area contributed by atoms with Crippen LogP contribution < -0.4 is 16.2 Å². The Balaban J connectivity index is 1.15. The highest BCUT2D eigenvalue weighted by Crippen LogP contribution is 2.60. The van der Waals surface area contributed by atoms with E-state index in [-0.39, 0.29) is 17.9 Å². The molecule has 1 heterocycles. The topological polar surface area (TPSA) is 92.2 Å². The number of amides is 3. The van der Waals surface area contributed by atoms with Crippen LogP contribution in [0.1, 0.15) is 48.9 Å². The SMILES string of the molecule is O=C(CNC(=O)C12CC3CC(CC(C3)C1)C2)NNC(=O)c1ccccc1-n1cccc1. The molecule has 7 heteroatoms. The van der Waals surface area contributed by atoms with Crippen molar-refractivity contribution >= 4 is 17.7 Å². The van der Waals surface area contributed by atoms with Crippen LogP contribution in [0, 0.1) is 23.2 Å². The fourth-order valence-electron chi connectivity index (χ4n) is 6.36. The average molecular weight is 421 g/mol. The molecule has 4 aliphatic rings. The molecular weight excluding hydrogens is 392 g/mol. The average Bonchev–Trinajstić information content (AvgIpc) is 3.29. The summed E-state index contributed by atoms with van der Waals surface area (Å²) in [4.78, 5) is 37.8. The molecule has 1 aromatic carbocycles. The van der Waals surface area contributed by atoms with Gasteiger partial charge in [-0.2, -0.15) is 0 Å². The molecule has 0 atom stereocenters. The highest BCUT2D eigenvalue weighted by atomic mass is 16.2. The van der Waals surface area contributed by atoms with Crippen LogP contribution in [0.5, 0.6) is 0 Å². The van der Waals surface area contributed by atoms with Crippen LogP contribution in [0.3, 0.4) is 0 Å². The van der Waals surface area contributed by atoms with Crippen molar-refractivity contribution < 1.29 is 14.4 Å². The third-order valence-electron chi connectivity index (χ3n) is 7.28. The van der Waals surface area contributed by atoms with Crippen molar-refractivity contribution in [3.05, 3.63) is 54.4 Å². The van der Waals surface area contributed by atoms with Gasteiger partial charge in [-0.05, 0) is 80.5 Å². The van der Waals surface area contributed by atoms with E-state index in [0.717, 1.165) is 24.9 Å². The summed E-state index contributed by atoms with van der Waals surface area (Å²) < 4.78 is 1.84. The van der Waals surface area contributed by atoms with Crippen molar-refractivity contribution in [1.29, 1.82) is 0 Å². The Labute approximate surface area is 181 Å². The van der Waals surface area contributed by atoms with E-state index in [4.69, 9.17) is 0 Å². The zero-order chi connectivity index (χ0) is 21.4. The van der Waals surface area contributed by atoms with Crippen LogP contribution in [0.4, 0.5) is 0 Å². The summed E-state index contributed by atoms with van der Waals surface area (Å²) >= 11 is 0. The Morgan fingerprint density at radius 2 is 1.48 bits per heavy atom. The highest BCUT2D eigenvalue weighted by molar-refractivity contribution is 5.99. The van der Waals surface area contributed by atoms with Gasteiger partial charge in [-0.25, -0.2) is 0 Å². The first-order valence-electron chi connectivity index (χ1n) is 11.1. The second-order valence-electron chi connectivity index (χ2n) is 9.49. The van der Waals surface area contributed by atoms with Crippen LogP contribution in [0.25, 0.3) is 5.69 Å². The van der Waals surface area contributed by atoms with Crippen LogP contribution in [0.2, 0.25) is 0 Å². The van der Waals surface area contributed by atoms with E-state index < -0.39 is 11.8 Å². The van der Waals surface area contributed by atoms with E-state index in [9.17, 15) is 14.4 Å². The van der Waals surface area contributed by atoms with Crippen molar-refractivity contribution in [2.45, 2.75) is 38.5 Å². The van der Waals surface area contributed by atoms with E-state index in [2.05, 4.69) is 16.2 Å². The molecule has 0 unspecified atom stereocenters. The number of hydrogen-bond acceptors (Lipinski definition) is 3. The van der Waals surface area contributed by atoms with E-state index in [1.807, 2.05) is 41.2 Å². The molecule has 3 N–H and O–H groups in total. The molecule has 0 radical (unpaired) electrons. The number of hydrazine groups is 1. The summed E-state index contributed by atoms with van der Waals surface area (Å²) in [5.74, 6) is 1.17. The van der Waals surface area contributed by atoms with Gasteiger partial charge in [-0.15, -0.1) is 0 Å². The molecule has 2 aromatic rings. The lowest BCUT2D eigenvalue weighted by Crippen LogP contribution is -2.55. The standard InChI is InChI=1S/C24H28N4O3/c29-21(15-25-23(31)24-12-16-9-17(13-24)11-18(10-16)14-24)26-27-22(30)19-5-1-2-6-20(19)28-7-3-4-8-28/h1-8,16-18H,9-15H2,(H,25,31)(H,26,29)(H,27,30). The van der Waals surface area contributed by atoms with Gasteiger partial charge in [0, 0.05) is 17.8 Å². The lowest BCUT2D eigenvalue weighted by Gasteiger charge is -2.55. The van der Waals surface area contributed by atoms with Crippen molar-refractivity contribution in [2.24, 2.45) is 23.2 Å². The van der Waals surface area contributed by atoms with Crippen molar-refractivity contribution in [1.82, 2.24) is 20.7 Å². The predicted molar refractivity (Wildman–Crippen MR) is 115 cm³/mol. The number of nitrogens with zero attached hydrogens (tertiary/aromatic N) is 1. The van der Waals surface area contributed by atoms with Crippen molar-refractivity contribution in [3.8, 4) is 5.69 Å². The molecule has 162 valence electrons. The van der Waals surface area contributed by atoms with E-state index in [1.54, 1.807) is 12.1 Å². The molecule has 0 saturated heterocycles. The first-order chi connectivity index (χ1) is 15.0. The molecule has 0 aliphatic heterocycles. The number of para-hydroxylation sites is 1. The minimum atomic E-state index is -0.440. The number of carbonyl (C=O) groups excluding carboxylic acids is 3. The van der Waals surface area contributed by atoms with E-state index in [1.165, 1.54) is 19.3 Å². The van der Waals surface area contributed by atoms with Gasteiger partial charge in [-0.3, -0.25) is 25.2 Å². The second-order valence-corrected chi connectivity index (χ2v) is 9.49. The molecule has 0 spiro atoms. The summed E-state index contributed by atoms with van der Waals surface area (Å²) in [6.45, 7) is -0.139. The summed E-state index contributed by atoms with van der Waals surface area (Å²) in [6.07, 6.45) is 10.4. The number of nitrogens with one attached hydrogen (secondary N) is 3. The Morgan fingerprint density at radius 3 is 2.13 bits per heavy atom. The van der Waals surface area contributed by atoms with Gasteiger partial charge in [0.15, 0.2) is 0 Å². The third-order valence-corrected chi connectivity index (χ3v) is 7.28. The largest absolute Gasteiger partial charge is 0.346 e. The number of aromatic nitrogens is 1. The van der Waals surface area contributed by atoms with Gasteiger partial charge in [0.2, 0.25) is 5.91 Å². The maximum absolute atomic E-state index is 13.0. The summed E-state index contributed by atoms with van der Waals surface area (Å²) in [5.41, 5.74) is 5.75. The fourth-order valence-corrected chi connectivity index (χ4v) is 6.36. The monoisotopic (exact) mass is 420 g/mol. The maximum atomic E-state index is 13.0. The Hall–Kier alpha value is -3.09. The van der Waals surface area contributed by atoms with Gasteiger partial charge in [-0.1, -0.05) is 12.1 Å². The summed E-state index contributed by atoms with van der Waals surface area (Å²) in [5, 5.41) is 2.83. The third kappa shape index (κ3) is 3.84. The predicted octanol–water partition coefficient (Wildman–Crippen LogP) is 2.57. The molecule has 4 aliphatic carbocycles. The number of hydrogen-bond donors (Lipinski definition) is 3. The van der Waals surface area contributed by atoms with Gasteiger partial charge < -0.3 is 9.88 Å². The molecule has 7 nitrogen and oxygen atoms in total. The Morgan fingerprint density at radius 1 is 0.871 bits per heavy atom. The molecule has 4 fully saturated rings. The molecule has 4 saturated carbocycles. The minimum absolute atomic E-state index is 0.00558. The number of rotatable bonds is 5. The van der Waals surface area contributed by atoms with Gasteiger partial charge >= 0.3 is 0 Å². The smallest absolute Gasteiger partial charge is 0.271 e. The molecule has 1 aromatic heterocycles. The van der Waals surface area contributed by atoms with Gasteiger partial charge in [0.25, 0.3) is 11.8 Å². The second kappa shape index (κ2) is 7.87. The van der Waals surface area contributed by atoms with Crippen LogP contribution in [-0.4, -0.2) is 28.8 Å². The Bertz CT molecular complexity index is 963. The Kier molecular flexibility index (Phi) is 5.04. The van der Waals surface area contributed by atoms with Gasteiger partial charge in [0.1, 0.15) is 0 Å². The first kappa shape index (κ1) is 19.8. The summed E-state index contributed by atoms with van der Waals surface area (Å²) in [6, 6.07) is 10.9. The molecule has 6 rings (SSSR count). The van der Waals surface area contributed by atoms with E-state index >= 15 is 0 Å². The molecule has 31 heavy (non-hydrogen) atoms. The summed E-state index contributed by atoms with van der Waals surface area (Å²) in [7, 11) is 0. The number of benzene rings is 1. The molecule has 4 bridgehead atoms. The van der Waals surface area contributed by atoms with Crippen LogP contribution >= 0.6 is 0 Å². The maximum Gasteiger partial charge on any atom is 0.271 e.